The first-order valence-electron chi connectivity index (χ1n) is 10.7. The van der Waals surface area contributed by atoms with Gasteiger partial charge in [-0.1, -0.05) is 54.6 Å². The Morgan fingerprint density at radius 3 is 2.23 bits per heavy atom. The minimum Gasteiger partial charge on any atom is -0.341 e. The maximum absolute atomic E-state index is 13.1. The van der Waals surface area contributed by atoms with E-state index in [2.05, 4.69) is 22.4 Å². The maximum Gasteiger partial charge on any atom is 0.276 e. The van der Waals surface area contributed by atoms with E-state index in [4.69, 9.17) is 0 Å². The molecule has 160 valence electrons. The molecule has 0 spiro atoms. The number of hydrogen-bond donors (Lipinski definition) is 0. The zero-order valence-corrected chi connectivity index (χ0v) is 18.0. The van der Waals surface area contributed by atoms with Gasteiger partial charge in [-0.2, -0.15) is 0 Å². The standard InChI is InChI=1S/C24H27N5O2/c1-3-22(30)27-14-7-15-28(17-16-27)24(31)23-18(2)29(26-25-23)21-12-10-20(11-13-21)19-8-5-4-6-9-19/h4-6,8-13H,3,7,14-17H2,1-2H3. The van der Waals surface area contributed by atoms with E-state index in [-0.39, 0.29) is 11.8 Å². The molecule has 0 unspecified atom stereocenters. The second-order valence-electron chi connectivity index (χ2n) is 7.73. The fraction of sp³-hybridized carbons (Fsp3) is 0.333. The molecule has 1 fully saturated rings. The molecule has 1 aromatic heterocycles. The van der Waals surface area contributed by atoms with Crippen molar-refractivity contribution < 1.29 is 9.59 Å². The highest BCUT2D eigenvalue weighted by Crippen LogP contribution is 2.22. The summed E-state index contributed by atoms with van der Waals surface area (Å²) in [6.07, 6.45) is 1.26. The summed E-state index contributed by atoms with van der Waals surface area (Å²) in [5.74, 6) is 0.00540. The Kier molecular flexibility index (Phi) is 6.11. The lowest BCUT2D eigenvalue weighted by molar-refractivity contribution is -0.130. The number of aromatic nitrogens is 3. The highest BCUT2D eigenvalue weighted by atomic mass is 16.2. The van der Waals surface area contributed by atoms with Crippen molar-refractivity contribution in [1.82, 2.24) is 24.8 Å². The van der Waals surface area contributed by atoms with Crippen LogP contribution in [0.25, 0.3) is 16.8 Å². The Balaban J connectivity index is 1.50. The summed E-state index contributed by atoms with van der Waals surface area (Å²) in [6.45, 7) is 6.11. The molecular formula is C24H27N5O2. The van der Waals surface area contributed by atoms with Crippen LogP contribution in [0.15, 0.2) is 54.6 Å². The molecule has 7 nitrogen and oxygen atoms in total. The topological polar surface area (TPSA) is 71.3 Å². The molecular weight excluding hydrogens is 390 g/mol. The van der Waals surface area contributed by atoms with Gasteiger partial charge in [-0.3, -0.25) is 9.59 Å². The minimum absolute atomic E-state index is 0.129. The van der Waals surface area contributed by atoms with Crippen molar-refractivity contribution in [2.45, 2.75) is 26.7 Å². The molecule has 1 aliphatic rings. The van der Waals surface area contributed by atoms with Gasteiger partial charge in [0.25, 0.3) is 5.91 Å². The van der Waals surface area contributed by atoms with Gasteiger partial charge in [0.2, 0.25) is 5.91 Å². The van der Waals surface area contributed by atoms with Gasteiger partial charge in [-0.25, -0.2) is 4.68 Å². The van der Waals surface area contributed by atoms with E-state index in [1.165, 1.54) is 0 Å². The number of carbonyl (C=O) groups excluding carboxylic acids is 2. The lowest BCUT2D eigenvalue weighted by Gasteiger charge is -2.21. The second kappa shape index (κ2) is 9.12. The molecule has 2 aromatic carbocycles. The van der Waals surface area contributed by atoms with Crippen LogP contribution in [0.3, 0.4) is 0 Å². The predicted molar refractivity (Wildman–Crippen MR) is 119 cm³/mol. The van der Waals surface area contributed by atoms with E-state index in [0.717, 1.165) is 23.2 Å². The summed E-state index contributed by atoms with van der Waals surface area (Å²) in [7, 11) is 0. The van der Waals surface area contributed by atoms with E-state index in [0.29, 0.717) is 44.0 Å². The lowest BCUT2D eigenvalue weighted by Crippen LogP contribution is -2.37. The average molecular weight is 418 g/mol. The molecule has 0 saturated carbocycles. The van der Waals surface area contributed by atoms with Crippen LogP contribution in [0, 0.1) is 6.92 Å². The van der Waals surface area contributed by atoms with Crippen molar-refractivity contribution in [1.29, 1.82) is 0 Å². The molecule has 2 amide bonds. The molecule has 2 heterocycles. The summed E-state index contributed by atoms with van der Waals surface area (Å²) in [4.78, 5) is 28.7. The van der Waals surface area contributed by atoms with Crippen molar-refractivity contribution in [2.75, 3.05) is 26.2 Å². The van der Waals surface area contributed by atoms with E-state index >= 15 is 0 Å². The molecule has 0 radical (unpaired) electrons. The van der Waals surface area contributed by atoms with Gasteiger partial charge < -0.3 is 9.80 Å². The summed E-state index contributed by atoms with van der Waals surface area (Å²) in [6, 6.07) is 18.2. The SMILES string of the molecule is CCC(=O)N1CCCN(C(=O)c2nnn(-c3ccc(-c4ccccc4)cc3)c2C)CC1. The first-order chi connectivity index (χ1) is 15.1. The Morgan fingerprint density at radius 2 is 1.52 bits per heavy atom. The van der Waals surface area contributed by atoms with Crippen LogP contribution in [0.1, 0.15) is 35.9 Å². The number of nitrogens with zero attached hydrogens (tertiary/aromatic N) is 5. The zero-order chi connectivity index (χ0) is 21.8. The summed E-state index contributed by atoms with van der Waals surface area (Å²) in [5.41, 5.74) is 4.20. The summed E-state index contributed by atoms with van der Waals surface area (Å²) in [5, 5.41) is 8.43. The summed E-state index contributed by atoms with van der Waals surface area (Å²) >= 11 is 0. The van der Waals surface area contributed by atoms with Crippen molar-refractivity contribution in [3.05, 3.63) is 66.0 Å². The van der Waals surface area contributed by atoms with Crippen LogP contribution in [0.5, 0.6) is 0 Å². The number of carbonyl (C=O) groups is 2. The third-order valence-electron chi connectivity index (χ3n) is 5.75. The van der Waals surface area contributed by atoms with Crippen LogP contribution in [0.2, 0.25) is 0 Å². The number of hydrogen-bond acceptors (Lipinski definition) is 4. The Hall–Kier alpha value is -3.48. The third-order valence-corrected chi connectivity index (χ3v) is 5.75. The lowest BCUT2D eigenvalue weighted by atomic mass is 10.1. The highest BCUT2D eigenvalue weighted by Gasteiger charge is 2.26. The first kappa shape index (κ1) is 20.8. The van der Waals surface area contributed by atoms with Gasteiger partial charge in [-0.05, 0) is 36.6 Å². The molecule has 31 heavy (non-hydrogen) atoms. The van der Waals surface area contributed by atoms with Gasteiger partial charge in [0.05, 0.1) is 11.4 Å². The molecule has 3 aromatic rings. The molecule has 4 rings (SSSR count). The normalized spacial score (nSPS) is 14.4. The van der Waals surface area contributed by atoms with E-state index in [1.54, 1.807) is 9.58 Å². The number of amides is 2. The Morgan fingerprint density at radius 1 is 0.871 bits per heavy atom. The predicted octanol–water partition coefficient (Wildman–Crippen LogP) is 3.33. The van der Waals surface area contributed by atoms with Gasteiger partial charge in [0, 0.05) is 32.6 Å². The fourth-order valence-electron chi connectivity index (χ4n) is 3.94. The monoisotopic (exact) mass is 417 g/mol. The summed E-state index contributed by atoms with van der Waals surface area (Å²) < 4.78 is 1.70. The molecule has 0 aliphatic carbocycles. The quantitative estimate of drug-likeness (QED) is 0.653. The van der Waals surface area contributed by atoms with Gasteiger partial charge in [0.15, 0.2) is 5.69 Å². The molecule has 7 heteroatoms. The molecule has 0 N–H and O–H groups in total. The van der Waals surface area contributed by atoms with Crippen LogP contribution in [0.4, 0.5) is 0 Å². The molecule has 0 atom stereocenters. The number of benzene rings is 2. The van der Waals surface area contributed by atoms with Crippen LogP contribution >= 0.6 is 0 Å². The van der Waals surface area contributed by atoms with Crippen molar-refractivity contribution in [3.8, 4) is 16.8 Å². The Bertz CT molecular complexity index is 1060. The largest absolute Gasteiger partial charge is 0.341 e. The van der Waals surface area contributed by atoms with Crippen LogP contribution in [-0.4, -0.2) is 62.8 Å². The number of rotatable bonds is 4. The maximum atomic E-state index is 13.1. The zero-order valence-electron chi connectivity index (χ0n) is 18.0. The highest BCUT2D eigenvalue weighted by molar-refractivity contribution is 5.93. The molecule has 1 saturated heterocycles. The first-order valence-corrected chi connectivity index (χ1v) is 10.7. The van der Waals surface area contributed by atoms with Gasteiger partial charge >= 0.3 is 0 Å². The van der Waals surface area contributed by atoms with E-state index in [1.807, 2.05) is 61.2 Å². The smallest absolute Gasteiger partial charge is 0.276 e. The van der Waals surface area contributed by atoms with Gasteiger partial charge in [-0.15, -0.1) is 5.10 Å². The van der Waals surface area contributed by atoms with Crippen molar-refractivity contribution in [3.63, 3.8) is 0 Å². The fourth-order valence-corrected chi connectivity index (χ4v) is 3.94. The molecule has 0 bridgehead atoms. The van der Waals surface area contributed by atoms with Gasteiger partial charge in [0.1, 0.15) is 0 Å². The van der Waals surface area contributed by atoms with Crippen molar-refractivity contribution >= 4 is 11.8 Å². The Labute approximate surface area is 182 Å². The van der Waals surface area contributed by atoms with E-state index < -0.39 is 0 Å². The minimum atomic E-state index is -0.129. The van der Waals surface area contributed by atoms with Crippen LogP contribution in [-0.2, 0) is 4.79 Å². The van der Waals surface area contributed by atoms with Crippen molar-refractivity contribution in [2.24, 2.45) is 0 Å². The molecule has 1 aliphatic heterocycles. The van der Waals surface area contributed by atoms with E-state index in [9.17, 15) is 9.59 Å². The average Bonchev–Trinajstić information content (AvgIpc) is 3.03. The second-order valence-corrected chi connectivity index (χ2v) is 7.73. The van der Waals surface area contributed by atoms with Crippen LogP contribution < -0.4 is 0 Å². The third kappa shape index (κ3) is 4.35.